The van der Waals surface area contributed by atoms with Gasteiger partial charge in [0.05, 0.1) is 36.5 Å². The van der Waals surface area contributed by atoms with Crippen LogP contribution in [0.3, 0.4) is 0 Å². The van der Waals surface area contributed by atoms with Crippen molar-refractivity contribution >= 4 is 5.69 Å². The molecule has 0 spiro atoms. The first kappa shape index (κ1) is 16.2. The zero-order valence-corrected chi connectivity index (χ0v) is 12.1. The average Bonchev–Trinajstić information content (AvgIpc) is 2.93. The third kappa shape index (κ3) is 3.70. The van der Waals surface area contributed by atoms with E-state index in [1.807, 2.05) is 13.0 Å². The Labute approximate surface area is 127 Å². The number of nitro groups is 1. The highest BCUT2D eigenvalue weighted by atomic mass is 16.6. The molecule has 7 nitrogen and oxygen atoms in total. The molecule has 0 aliphatic heterocycles. The molecule has 2 atom stereocenters. The summed E-state index contributed by atoms with van der Waals surface area (Å²) in [5, 5.41) is 33.4. The van der Waals surface area contributed by atoms with Gasteiger partial charge in [-0.15, -0.1) is 0 Å². The van der Waals surface area contributed by atoms with E-state index in [4.69, 9.17) is 4.42 Å². The summed E-state index contributed by atoms with van der Waals surface area (Å²) in [5.41, 5.74) is 1.43. The lowest BCUT2D eigenvalue weighted by Crippen LogP contribution is -2.37. The molecule has 0 saturated heterocycles. The summed E-state index contributed by atoms with van der Waals surface area (Å²) in [4.78, 5) is 10.1. The minimum Gasteiger partial charge on any atom is -0.468 e. The smallest absolute Gasteiger partial charge is 0.269 e. The van der Waals surface area contributed by atoms with Gasteiger partial charge in [0.25, 0.3) is 5.69 Å². The van der Waals surface area contributed by atoms with E-state index in [1.54, 1.807) is 6.26 Å². The maximum Gasteiger partial charge on any atom is 0.269 e. The van der Waals surface area contributed by atoms with Crippen LogP contribution in [0, 0.1) is 17.0 Å². The van der Waals surface area contributed by atoms with Gasteiger partial charge in [-0.05, 0) is 36.2 Å². The molecule has 2 rings (SSSR count). The molecule has 0 aliphatic rings. The first-order valence-electron chi connectivity index (χ1n) is 6.82. The minimum absolute atomic E-state index is 0.0457. The van der Waals surface area contributed by atoms with Gasteiger partial charge in [0, 0.05) is 12.1 Å². The second-order valence-electron chi connectivity index (χ2n) is 4.99. The molecule has 0 aliphatic carbocycles. The minimum atomic E-state index is -0.985. The lowest BCUT2D eigenvalue weighted by Gasteiger charge is -2.22. The number of rotatable bonds is 7. The quantitative estimate of drug-likeness (QED) is 0.530. The Morgan fingerprint density at radius 3 is 2.50 bits per heavy atom. The second kappa shape index (κ2) is 7.17. The predicted molar refractivity (Wildman–Crippen MR) is 79.2 cm³/mol. The van der Waals surface area contributed by atoms with Crippen molar-refractivity contribution in [3.63, 3.8) is 0 Å². The van der Waals surface area contributed by atoms with E-state index >= 15 is 0 Å². The number of nitrogens with one attached hydrogen (secondary N) is 1. The molecule has 0 saturated carbocycles. The number of benzene rings is 1. The van der Waals surface area contributed by atoms with Crippen LogP contribution in [0.5, 0.6) is 0 Å². The van der Waals surface area contributed by atoms with Gasteiger partial charge >= 0.3 is 0 Å². The molecule has 1 heterocycles. The van der Waals surface area contributed by atoms with Crippen LogP contribution >= 0.6 is 0 Å². The summed E-state index contributed by atoms with van der Waals surface area (Å²) in [5.74, 6) is 0.731. The third-order valence-corrected chi connectivity index (χ3v) is 3.52. The van der Waals surface area contributed by atoms with Gasteiger partial charge in [-0.3, -0.25) is 10.1 Å². The van der Waals surface area contributed by atoms with Crippen molar-refractivity contribution in [2.24, 2.45) is 0 Å². The highest BCUT2D eigenvalue weighted by Crippen LogP contribution is 2.21. The van der Waals surface area contributed by atoms with E-state index in [9.17, 15) is 20.3 Å². The summed E-state index contributed by atoms with van der Waals surface area (Å²) in [6.07, 6.45) is 0.591. The van der Waals surface area contributed by atoms with Crippen LogP contribution in [-0.4, -0.2) is 27.8 Å². The summed E-state index contributed by atoms with van der Waals surface area (Å²) in [6, 6.07) is 6.83. The van der Waals surface area contributed by atoms with E-state index in [2.05, 4.69) is 5.32 Å². The normalized spacial score (nSPS) is 13.8. The largest absolute Gasteiger partial charge is 0.468 e. The van der Waals surface area contributed by atoms with Gasteiger partial charge in [0.1, 0.15) is 5.76 Å². The van der Waals surface area contributed by atoms with Gasteiger partial charge in [0.2, 0.25) is 0 Å². The Morgan fingerprint density at radius 2 is 2.00 bits per heavy atom. The first-order chi connectivity index (χ1) is 10.5. The molecule has 2 unspecified atom stereocenters. The van der Waals surface area contributed by atoms with Crippen molar-refractivity contribution < 1.29 is 19.6 Å². The van der Waals surface area contributed by atoms with Crippen molar-refractivity contribution in [1.82, 2.24) is 5.32 Å². The molecule has 3 N–H and O–H groups in total. The van der Waals surface area contributed by atoms with E-state index in [-0.39, 0.29) is 12.3 Å². The number of hydrogen-bond acceptors (Lipinski definition) is 6. The van der Waals surface area contributed by atoms with Crippen LogP contribution in [0.4, 0.5) is 5.69 Å². The standard InChI is InChI=1S/C15H18N2O5/c1-10-6-7-22-14(10)8-16-13(9-18)15(19)11-2-4-12(5-3-11)17(20)21/h2-7,13,15-16,18-19H,8-9H2,1H3. The molecule has 22 heavy (non-hydrogen) atoms. The lowest BCUT2D eigenvalue weighted by atomic mass is 10.0. The summed E-state index contributed by atoms with van der Waals surface area (Å²) >= 11 is 0. The van der Waals surface area contributed by atoms with Crippen LogP contribution in [-0.2, 0) is 6.54 Å². The van der Waals surface area contributed by atoms with E-state index in [0.29, 0.717) is 12.1 Å². The zero-order valence-electron chi connectivity index (χ0n) is 12.1. The molecule has 0 bridgehead atoms. The number of furan rings is 1. The molecular formula is C15H18N2O5. The van der Waals surface area contributed by atoms with E-state index < -0.39 is 17.1 Å². The fourth-order valence-corrected chi connectivity index (χ4v) is 2.11. The predicted octanol–water partition coefficient (Wildman–Crippen LogP) is 1.68. The number of aliphatic hydroxyl groups excluding tert-OH is 2. The van der Waals surface area contributed by atoms with Crippen LogP contribution < -0.4 is 5.32 Å². The molecule has 1 aromatic carbocycles. The Hall–Kier alpha value is -2.22. The maximum atomic E-state index is 10.6. The Bertz CT molecular complexity index is 623. The maximum absolute atomic E-state index is 10.6. The zero-order chi connectivity index (χ0) is 16.1. The van der Waals surface area contributed by atoms with Crippen molar-refractivity contribution in [2.75, 3.05) is 6.61 Å². The Balaban J connectivity index is 2.03. The highest BCUT2D eigenvalue weighted by Gasteiger charge is 2.21. The molecule has 2 aromatic rings. The monoisotopic (exact) mass is 306 g/mol. The number of aryl methyl sites for hydroxylation is 1. The van der Waals surface area contributed by atoms with Crippen LogP contribution in [0.1, 0.15) is 23.0 Å². The lowest BCUT2D eigenvalue weighted by molar-refractivity contribution is -0.384. The summed E-state index contributed by atoms with van der Waals surface area (Å²) < 4.78 is 5.29. The molecule has 0 amide bonds. The van der Waals surface area contributed by atoms with Crippen LogP contribution in [0.2, 0.25) is 0 Å². The molecule has 1 aromatic heterocycles. The molecular weight excluding hydrogens is 288 g/mol. The average molecular weight is 306 g/mol. The summed E-state index contributed by atoms with van der Waals surface area (Å²) in [7, 11) is 0. The molecule has 0 fully saturated rings. The number of nitrogens with zero attached hydrogens (tertiary/aromatic N) is 1. The van der Waals surface area contributed by atoms with E-state index in [1.165, 1.54) is 24.3 Å². The number of non-ortho nitro benzene ring substituents is 1. The van der Waals surface area contributed by atoms with E-state index in [0.717, 1.165) is 11.3 Å². The Kier molecular flexibility index (Phi) is 5.26. The van der Waals surface area contributed by atoms with Gasteiger partial charge in [-0.2, -0.15) is 0 Å². The van der Waals surface area contributed by atoms with Crippen LogP contribution in [0.25, 0.3) is 0 Å². The van der Waals surface area contributed by atoms with Crippen molar-refractivity contribution in [2.45, 2.75) is 25.6 Å². The van der Waals surface area contributed by atoms with Gasteiger partial charge in [-0.1, -0.05) is 0 Å². The Morgan fingerprint density at radius 1 is 1.32 bits per heavy atom. The van der Waals surface area contributed by atoms with Crippen LogP contribution in [0.15, 0.2) is 41.0 Å². The first-order valence-corrected chi connectivity index (χ1v) is 6.82. The fraction of sp³-hybridized carbons (Fsp3) is 0.333. The molecule has 118 valence electrons. The number of aliphatic hydroxyl groups is 2. The number of hydrogen-bond donors (Lipinski definition) is 3. The van der Waals surface area contributed by atoms with Crippen molar-refractivity contribution in [1.29, 1.82) is 0 Å². The van der Waals surface area contributed by atoms with Gasteiger partial charge in [-0.25, -0.2) is 0 Å². The fourth-order valence-electron chi connectivity index (χ4n) is 2.11. The molecule has 7 heteroatoms. The topological polar surface area (TPSA) is 109 Å². The summed E-state index contributed by atoms with van der Waals surface area (Å²) in [6.45, 7) is 1.99. The highest BCUT2D eigenvalue weighted by molar-refractivity contribution is 5.34. The van der Waals surface area contributed by atoms with Crippen molar-refractivity contribution in [3.8, 4) is 0 Å². The number of nitro benzene ring substituents is 1. The SMILES string of the molecule is Cc1ccoc1CNC(CO)C(O)c1ccc([N+](=O)[O-])cc1. The van der Waals surface area contributed by atoms with Gasteiger partial charge < -0.3 is 19.9 Å². The van der Waals surface area contributed by atoms with Crippen molar-refractivity contribution in [3.05, 3.63) is 63.6 Å². The van der Waals surface area contributed by atoms with Gasteiger partial charge in [0.15, 0.2) is 0 Å². The molecule has 0 radical (unpaired) electrons. The second-order valence-corrected chi connectivity index (χ2v) is 4.99. The third-order valence-electron chi connectivity index (χ3n) is 3.52.